The van der Waals surface area contributed by atoms with Crippen LogP contribution in [0.3, 0.4) is 0 Å². The van der Waals surface area contributed by atoms with Crippen molar-refractivity contribution >= 4 is 11.6 Å². The van der Waals surface area contributed by atoms with Crippen LogP contribution in [0.5, 0.6) is 0 Å². The van der Waals surface area contributed by atoms with Gasteiger partial charge in [0.1, 0.15) is 5.82 Å². The number of anilines is 1. The molecule has 1 aromatic carbocycles. The molecule has 1 aliphatic heterocycles. The number of nitrogens with zero attached hydrogens (tertiary/aromatic N) is 1. The Labute approximate surface area is 125 Å². The maximum Gasteiger partial charge on any atom is 0.251 e. The smallest absolute Gasteiger partial charge is 0.251 e. The Hall–Kier alpha value is -1.62. The third-order valence-corrected chi connectivity index (χ3v) is 3.83. The van der Waals surface area contributed by atoms with Crippen LogP contribution < -0.4 is 10.2 Å². The number of nitrogens with one attached hydrogen (secondary N) is 1. The quantitative estimate of drug-likeness (QED) is 0.846. The average Bonchev–Trinajstić information content (AvgIpc) is 2.98. The first-order valence-electron chi connectivity index (χ1n) is 7.58. The van der Waals surface area contributed by atoms with Crippen molar-refractivity contribution in [2.45, 2.75) is 38.6 Å². The molecule has 1 heterocycles. The number of aliphatic hydroxyl groups excluding tert-OH is 1. The maximum atomic E-state index is 14.1. The second-order valence-corrected chi connectivity index (χ2v) is 5.60. The van der Waals surface area contributed by atoms with Crippen molar-refractivity contribution in [1.82, 2.24) is 5.32 Å². The van der Waals surface area contributed by atoms with Gasteiger partial charge in [-0.3, -0.25) is 4.79 Å². The number of aliphatic hydroxyl groups is 1. The maximum absolute atomic E-state index is 14.1. The first kappa shape index (κ1) is 15.8. The van der Waals surface area contributed by atoms with E-state index in [0.29, 0.717) is 24.1 Å². The molecule has 1 saturated heterocycles. The lowest BCUT2D eigenvalue weighted by molar-refractivity contribution is 0.0936. The van der Waals surface area contributed by atoms with Gasteiger partial charge in [0.25, 0.3) is 5.91 Å². The number of halogens is 1. The molecule has 1 atom stereocenters. The standard InChI is InChI=1S/C16H23FN2O2/c1-12(5-4-10-20)18-16(21)13-6-7-15(14(17)11-13)19-8-2-3-9-19/h6-7,11-12,20H,2-5,8-10H2,1H3,(H,18,21). The molecule has 1 fully saturated rings. The van der Waals surface area contributed by atoms with Crippen molar-refractivity contribution in [2.75, 3.05) is 24.6 Å². The van der Waals surface area contributed by atoms with Gasteiger partial charge in [-0.15, -0.1) is 0 Å². The Kier molecular flexibility index (Phi) is 5.56. The molecule has 0 spiro atoms. The highest BCUT2D eigenvalue weighted by Crippen LogP contribution is 2.24. The SMILES string of the molecule is CC(CCCO)NC(=O)c1ccc(N2CCCC2)c(F)c1. The fourth-order valence-corrected chi connectivity index (χ4v) is 2.64. The lowest BCUT2D eigenvalue weighted by Gasteiger charge is -2.19. The van der Waals surface area contributed by atoms with Crippen LogP contribution in [0, 0.1) is 5.82 Å². The zero-order valence-electron chi connectivity index (χ0n) is 12.4. The summed E-state index contributed by atoms with van der Waals surface area (Å²) in [7, 11) is 0. The van der Waals surface area contributed by atoms with Crippen molar-refractivity contribution < 1.29 is 14.3 Å². The molecule has 1 amide bonds. The third-order valence-electron chi connectivity index (χ3n) is 3.83. The second-order valence-electron chi connectivity index (χ2n) is 5.60. The van der Waals surface area contributed by atoms with Gasteiger partial charge in [-0.25, -0.2) is 4.39 Å². The van der Waals surface area contributed by atoms with E-state index in [9.17, 15) is 9.18 Å². The molecule has 1 unspecified atom stereocenters. The molecule has 1 aliphatic rings. The van der Waals surface area contributed by atoms with Crippen molar-refractivity contribution in [2.24, 2.45) is 0 Å². The van der Waals surface area contributed by atoms with Crippen molar-refractivity contribution in [3.63, 3.8) is 0 Å². The van der Waals surface area contributed by atoms with E-state index in [1.807, 2.05) is 11.8 Å². The van der Waals surface area contributed by atoms with E-state index >= 15 is 0 Å². The van der Waals surface area contributed by atoms with Crippen molar-refractivity contribution in [3.8, 4) is 0 Å². The van der Waals surface area contributed by atoms with E-state index in [1.165, 1.54) is 6.07 Å². The van der Waals surface area contributed by atoms with Gasteiger partial charge in [-0.1, -0.05) is 0 Å². The van der Waals surface area contributed by atoms with E-state index in [2.05, 4.69) is 5.32 Å². The third kappa shape index (κ3) is 4.17. The van der Waals surface area contributed by atoms with E-state index in [4.69, 9.17) is 5.11 Å². The van der Waals surface area contributed by atoms with Crippen LogP contribution in [0.4, 0.5) is 10.1 Å². The Balaban J connectivity index is 2.00. The predicted molar refractivity (Wildman–Crippen MR) is 81.1 cm³/mol. The summed E-state index contributed by atoms with van der Waals surface area (Å²) in [5.74, 6) is -0.611. The van der Waals surface area contributed by atoms with Gasteiger partial charge in [0.05, 0.1) is 5.69 Å². The molecular formula is C16H23FN2O2. The molecule has 0 saturated carbocycles. The molecule has 0 bridgehead atoms. The number of benzene rings is 1. The minimum atomic E-state index is -0.340. The molecule has 0 aliphatic carbocycles. The summed E-state index contributed by atoms with van der Waals surface area (Å²) in [5.41, 5.74) is 0.920. The summed E-state index contributed by atoms with van der Waals surface area (Å²) in [6.07, 6.45) is 3.52. The fraction of sp³-hybridized carbons (Fsp3) is 0.562. The lowest BCUT2D eigenvalue weighted by atomic mass is 10.1. The second kappa shape index (κ2) is 7.41. The molecule has 2 rings (SSSR count). The van der Waals surface area contributed by atoms with Gasteiger partial charge in [0.15, 0.2) is 0 Å². The van der Waals surface area contributed by atoms with Crippen LogP contribution in [0.15, 0.2) is 18.2 Å². The van der Waals surface area contributed by atoms with Gasteiger partial charge in [0, 0.05) is 31.3 Å². The van der Waals surface area contributed by atoms with Crippen molar-refractivity contribution in [1.29, 1.82) is 0 Å². The summed E-state index contributed by atoms with van der Waals surface area (Å²) < 4.78 is 14.1. The summed E-state index contributed by atoms with van der Waals surface area (Å²) in [6.45, 7) is 3.74. The highest BCUT2D eigenvalue weighted by Gasteiger charge is 2.18. The predicted octanol–water partition coefficient (Wildman–Crippen LogP) is 2.32. The number of carbonyl (C=O) groups is 1. The Bertz CT molecular complexity index is 487. The van der Waals surface area contributed by atoms with Crippen LogP contribution in [0.2, 0.25) is 0 Å². The normalized spacial score (nSPS) is 16.0. The van der Waals surface area contributed by atoms with Crippen LogP contribution in [0.25, 0.3) is 0 Å². The van der Waals surface area contributed by atoms with E-state index in [1.54, 1.807) is 12.1 Å². The van der Waals surface area contributed by atoms with E-state index in [0.717, 1.165) is 25.9 Å². The summed E-state index contributed by atoms with van der Waals surface area (Å²) in [6, 6.07) is 4.63. The molecule has 1 aromatic rings. The fourth-order valence-electron chi connectivity index (χ4n) is 2.64. The monoisotopic (exact) mass is 294 g/mol. The minimum Gasteiger partial charge on any atom is -0.396 e. The van der Waals surface area contributed by atoms with Crippen LogP contribution in [-0.4, -0.2) is 36.8 Å². The number of amides is 1. The molecule has 116 valence electrons. The lowest BCUT2D eigenvalue weighted by Crippen LogP contribution is -2.32. The summed E-state index contributed by atoms with van der Waals surface area (Å²) in [4.78, 5) is 14.1. The zero-order chi connectivity index (χ0) is 15.2. The van der Waals surface area contributed by atoms with Gasteiger partial charge < -0.3 is 15.3 Å². The van der Waals surface area contributed by atoms with Crippen LogP contribution in [-0.2, 0) is 0 Å². The molecule has 5 heteroatoms. The van der Waals surface area contributed by atoms with Crippen LogP contribution in [0.1, 0.15) is 43.0 Å². The number of hydrogen-bond donors (Lipinski definition) is 2. The largest absolute Gasteiger partial charge is 0.396 e. The molecule has 0 radical (unpaired) electrons. The molecule has 2 N–H and O–H groups in total. The summed E-state index contributed by atoms with van der Waals surface area (Å²) in [5, 5.41) is 11.6. The summed E-state index contributed by atoms with van der Waals surface area (Å²) >= 11 is 0. The Morgan fingerprint density at radius 3 is 2.76 bits per heavy atom. The highest BCUT2D eigenvalue weighted by molar-refractivity contribution is 5.94. The van der Waals surface area contributed by atoms with Crippen LogP contribution >= 0.6 is 0 Å². The van der Waals surface area contributed by atoms with E-state index in [-0.39, 0.29) is 24.4 Å². The first-order chi connectivity index (χ1) is 10.1. The number of hydrogen-bond acceptors (Lipinski definition) is 3. The van der Waals surface area contributed by atoms with Gasteiger partial charge in [-0.2, -0.15) is 0 Å². The molecule has 21 heavy (non-hydrogen) atoms. The number of carbonyl (C=O) groups excluding carboxylic acids is 1. The number of rotatable bonds is 6. The first-order valence-corrected chi connectivity index (χ1v) is 7.58. The molecule has 0 aromatic heterocycles. The van der Waals surface area contributed by atoms with Gasteiger partial charge >= 0.3 is 0 Å². The van der Waals surface area contributed by atoms with E-state index < -0.39 is 0 Å². The van der Waals surface area contributed by atoms with Crippen molar-refractivity contribution in [3.05, 3.63) is 29.6 Å². The Morgan fingerprint density at radius 2 is 2.14 bits per heavy atom. The van der Waals surface area contributed by atoms with Gasteiger partial charge in [0.2, 0.25) is 0 Å². The molecule has 4 nitrogen and oxygen atoms in total. The Morgan fingerprint density at radius 1 is 1.43 bits per heavy atom. The molecular weight excluding hydrogens is 271 g/mol. The highest BCUT2D eigenvalue weighted by atomic mass is 19.1. The zero-order valence-corrected chi connectivity index (χ0v) is 12.4. The minimum absolute atomic E-state index is 0.0361. The van der Waals surface area contributed by atoms with Gasteiger partial charge in [-0.05, 0) is 50.8 Å². The average molecular weight is 294 g/mol. The topological polar surface area (TPSA) is 52.6 Å².